The van der Waals surface area contributed by atoms with E-state index in [4.69, 9.17) is 9.46 Å². The molecule has 0 aliphatic heterocycles. The van der Waals surface area contributed by atoms with Gasteiger partial charge >= 0.3 is 8.69 Å². The number of benzene rings is 3. The van der Waals surface area contributed by atoms with Crippen molar-refractivity contribution in [1.29, 1.82) is 0 Å². The van der Waals surface area contributed by atoms with Crippen LogP contribution in [0.3, 0.4) is 0 Å². The van der Waals surface area contributed by atoms with Gasteiger partial charge in [-0.2, -0.15) is 0 Å². The number of hydrogen-bond acceptors (Lipinski definition) is 1. The molecular weight excluding hydrogens is 375 g/mol. The Bertz CT molecular complexity index is 948. The van der Waals surface area contributed by atoms with E-state index in [2.05, 4.69) is 114 Å². The van der Waals surface area contributed by atoms with Gasteiger partial charge in [0.25, 0.3) is 0 Å². The minimum Gasteiger partial charge on any atom is -0.310 e. The first-order chi connectivity index (χ1) is 13.6. The van der Waals surface area contributed by atoms with Gasteiger partial charge in [0.2, 0.25) is 0 Å². The van der Waals surface area contributed by atoms with Gasteiger partial charge < -0.3 is 4.89 Å². The van der Waals surface area contributed by atoms with E-state index in [9.17, 15) is 0 Å². The van der Waals surface area contributed by atoms with Crippen LogP contribution in [-0.2, 0) is 15.4 Å². The van der Waals surface area contributed by atoms with E-state index in [0.29, 0.717) is 0 Å². The SMILES string of the molecule is CC(C)(C)c1cccc(-c2ccccc2-c2ccccc2)c1C(C)(C)C.O=PO. The molecule has 152 valence electrons. The van der Waals surface area contributed by atoms with Crippen molar-refractivity contribution in [3.05, 3.63) is 83.9 Å². The van der Waals surface area contributed by atoms with Crippen molar-refractivity contribution >= 4 is 8.69 Å². The lowest BCUT2D eigenvalue weighted by atomic mass is 9.72. The van der Waals surface area contributed by atoms with E-state index in [0.717, 1.165) is 0 Å². The number of hydrogen-bond donors (Lipinski definition) is 1. The highest BCUT2D eigenvalue weighted by Crippen LogP contribution is 2.42. The molecule has 2 nitrogen and oxygen atoms in total. The van der Waals surface area contributed by atoms with Crippen molar-refractivity contribution in [3.8, 4) is 22.3 Å². The normalized spacial score (nSPS) is 11.7. The lowest BCUT2D eigenvalue weighted by Gasteiger charge is -2.33. The van der Waals surface area contributed by atoms with E-state index >= 15 is 0 Å². The lowest BCUT2D eigenvalue weighted by Crippen LogP contribution is -2.23. The Morgan fingerprint density at radius 2 is 1.10 bits per heavy atom. The predicted molar refractivity (Wildman–Crippen MR) is 125 cm³/mol. The second-order valence-corrected chi connectivity index (χ2v) is 9.38. The molecule has 0 radical (unpaired) electrons. The van der Waals surface area contributed by atoms with Crippen molar-refractivity contribution in [1.82, 2.24) is 0 Å². The highest BCUT2D eigenvalue weighted by molar-refractivity contribution is 7.16. The van der Waals surface area contributed by atoms with Crippen molar-refractivity contribution in [3.63, 3.8) is 0 Å². The van der Waals surface area contributed by atoms with Crippen LogP contribution in [0.1, 0.15) is 52.7 Å². The molecule has 3 aromatic carbocycles. The fraction of sp³-hybridized carbons (Fsp3) is 0.308. The van der Waals surface area contributed by atoms with Crippen molar-refractivity contribution in [2.24, 2.45) is 0 Å². The van der Waals surface area contributed by atoms with E-state index in [1.807, 2.05) is 0 Å². The molecule has 0 saturated heterocycles. The highest BCUT2D eigenvalue weighted by atomic mass is 31.1. The minimum absolute atomic E-state index is 0.0724. The Morgan fingerprint density at radius 1 is 0.621 bits per heavy atom. The van der Waals surface area contributed by atoms with Gasteiger partial charge in [-0.25, -0.2) is 4.57 Å². The highest BCUT2D eigenvalue weighted by Gasteiger charge is 2.28. The van der Waals surface area contributed by atoms with Crippen LogP contribution in [0, 0.1) is 0 Å². The molecule has 0 atom stereocenters. The topological polar surface area (TPSA) is 37.3 Å². The average Bonchev–Trinajstić information content (AvgIpc) is 2.67. The first-order valence-electron chi connectivity index (χ1n) is 9.86. The standard InChI is InChI=1S/C26H30.HO2P/c1-25(2,3)23-18-12-17-22(24(23)26(4,5)6)21-16-11-10-15-20(21)19-13-8-7-9-14-19;1-3-2/h7-18H,1-6H3;(H,1,2). The quantitative estimate of drug-likeness (QED) is 0.441. The molecule has 0 spiro atoms. The summed E-state index contributed by atoms with van der Waals surface area (Å²) in [5.41, 5.74) is 8.30. The molecule has 3 rings (SSSR count). The molecular formula is C26H31O2P. The molecule has 0 aromatic heterocycles. The maximum atomic E-state index is 8.46. The summed E-state index contributed by atoms with van der Waals surface area (Å²) in [7, 11) is -0.833. The third-order valence-corrected chi connectivity index (χ3v) is 4.92. The molecule has 0 bridgehead atoms. The molecule has 0 unspecified atom stereocenters. The predicted octanol–water partition coefficient (Wildman–Crippen LogP) is 7.80. The third kappa shape index (κ3) is 5.63. The van der Waals surface area contributed by atoms with Crippen LogP contribution in [0.25, 0.3) is 22.3 Å². The minimum atomic E-state index is -0.833. The van der Waals surface area contributed by atoms with E-state index in [1.54, 1.807) is 0 Å². The Morgan fingerprint density at radius 3 is 1.62 bits per heavy atom. The molecule has 3 heteroatoms. The van der Waals surface area contributed by atoms with Crippen LogP contribution in [0.4, 0.5) is 0 Å². The monoisotopic (exact) mass is 406 g/mol. The third-order valence-electron chi connectivity index (χ3n) is 4.92. The Balaban J connectivity index is 0.000000941. The zero-order valence-electron chi connectivity index (χ0n) is 18.2. The van der Waals surface area contributed by atoms with Gasteiger partial charge in [0.1, 0.15) is 0 Å². The molecule has 3 aromatic rings. The molecule has 0 amide bonds. The first-order valence-corrected chi connectivity index (χ1v) is 10.6. The van der Waals surface area contributed by atoms with Crippen LogP contribution in [-0.4, -0.2) is 4.89 Å². The van der Waals surface area contributed by atoms with Gasteiger partial charge in [-0.1, -0.05) is 114 Å². The van der Waals surface area contributed by atoms with Gasteiger partial charge in [-0.05, 0) is 44.2 Å². The molecule has 0 saturated carbocycles. The van der Waals surface area contributed by atoms with E-state index in [-0.39, 0.29) is 10.8 Å². The van der Waals surface area contributed by atoms with E-state index < -0.39 is 8.69 Å². The maximum absolute atomic E-state index is 8.46. The van der Waals surface area contributed by atoms with Crippen LogP contribution >= 0.6 is 8.69 Å². The fourth-order valence-electron chi connectivity index (χ4n) is 3.80. The summed E-state index contributed by atoms with van der Waals surface area (Å²) in [4.78, 5) is 6.99. The van der Waals surface area contributed by atoms with Crippen molar-refractivity contribution in [2.45, 2.75) is 52.4 Å². The Hall–Kier alpha value is -2.28. The summed E-state index contributed by atoms with van der Waals surface area (Å²) in [6, 6.07) is 26.3. The smallest absolute Gasteiger partial charge is 0.310 e. The van der Waals surface area contributed by atoms with Gasteiger partial charge in [0.15, 0.2) is 0 Å². The first kappa shape index (κ1) is 23.0. The van der Waals surface area contributed by atoms with Gasteiger partial charge in [0.05, 0.1) is 0 Å². The van der Waals surface area contributed by atoms with Crippen LogP contribution in [0.5, 0.6) is 0 Å². The molecule has 0 heterocycles. The Kier molecular flexibility index (Phi) is 7.52. The average molecular weight is 407 g/mol. The fourth-order valence-corrected chi connectivity index (χ4v) is 3.80. The summed E-state index contributed by atoms with van der Waals surface area (Å²) in [6.07, 6.45) is 0. The summed E-state index contributed by atoms with van der Waals surface area (Å²) in [5.74, 6) is 0. The zero-order valence-corrected chi connectivity index (χ0v) is 19.1. The van der Waals surface area contributed by atoms with Crippen LogP contribution in [0.2, 0.25) is 0 Å². The maximum Gasteiger partial charge on any atom is 0.324 e. The Labute approximate surface area is 176 Å². The van der Waals surface area contributed by atoms with Gasteiger partial charge in [0, 0.05) is 0 Å². The van der Waals surface area contributed by atoms with Crippen molar-refractivity contribution in [2.75, 3.05) is 0 Å². The largest absolute Gasteiger partial charge is 0.324 e. The summed E-state index contributed by atoms with van der Waals surface area (Å²) >= 11 is 0. The van der Waals surface area contributed by atoms with Gasteiger partial charge in [-0.3, -0.25) is 0 Å². The molecule has 1 N–H and O–H groups in total. The second kappa shape index (κ2) is 9.48. The lowest BCUT2D eigenvalue weighted by molar-refractivity contribution is 0.524. The van der Waals surface area contributed by atoms with Crippen LogP contribution < -0.4 is 0 Å². The van der Waals surface area contributed by atoms with Gasteiger partial charge in [-0.15, -0.1) is 0 Å². The molecule has 0 aliphatic carbocycles. The molecule has 0 aliphatic rings. The van der Waals surface area contributed by atoms with Crippen LogP contribution in [0.15, 0.2) is 72.8 Å². The summed E-state index contributed by atoms with van der Waals surface area (Å²) in [5, 5.41) is 0. The summed E-state index contributed by atoms with van der Waals surface area (Å²) in [6.45, 7) is 13.9. The molecule has 0 fully saturated rings. The second-order valence-electron chi connectivity index (χ2n) is 9.22. The van der Waals surface area contributed by atoms with E-state index in [1.165, 1.54) is 33.4 Å². The zero-order chi connectivity index (χ0) is 21.7. The van der Waals surface area contributed by atoms with Crippen molar-refractivity contribution < 1.29 is 9.46 Å². The summed E-state index contributed by atoms with van der Waals surface area (Å²) < 4.78 is 8.46. The molecule has 29 heavy (non-hydrogen) atoms. The number of rotatable bonds is 2.